The van der Waals surface area contributed by atoms with Crippen molar-refractivity contribution < 1.29 is 0 Å². The van der Waals surface area contributed by atoms with Gasteiger partial charge in [0.05, 0.1) is 0 Å². The Morgan fingerprint density at radius 3 is 2.40 bits per heavy atom. The van der Waals surface area contributed by atoms with Crippen molar-refractivity contribution in [2.75, 3.05) is 0 Å². The maximum Gasteiger partial charge on any atom is -0.0163 e. The van der Waals surface area contributed by atoms with Crippen molar-refractivity contribution in [3.63, 3.8) is 0 Å². The molecule has 0 aliphatic rings. The zero-order chi connectivity index (χ0) is 7.66. The second-order valence-corrected chi connectivity index (χ2v) is 1.85. The van der Waals surface area contributed by atoms with Gasteiger partial charge in [-0.25, -0.2) is 0 Å². The Morgan fingerprint density at radius 2 is 1.80 bits per heavy atom. The lowest BCUT2D eigenvalue weighted by molar-refractivity contribution is 1.39. The highest BCUT2D eigenvalue weighted by molar-refractivity contribution is 5.06. The van der Waals surface area contributed by atoms with E-state index in [0.717, 1.165) is 6.42 Å². The molecule has 0 nitrogen and oxygen atoms in total. The highest BCUT2D eigenvalue weighted by Crippen LogP contribution is 1.86. The number of allylic oxidation sites excluding steroid dienone is 7. The summed E-state index contributed by atoms with van der Waals surface area (Å²) in [5, 5.41) is 0. The third kappa shape index (κ3) is 6.96. The zero-order valence-corrected chi connectivity index (χ0v) is 6.46. The first-order valence-electron chi connectivity index (χ1n) is 3.47. The first-order chi connectivity index (χ1) is 4.91. The lowest BCUT2D eigenvalue weighted by Crippen LogP contribution is -1.55. The van der Waals surface area contributed by atoms with Gasteiger partial charge in [0.25, 0.3) is 0 Å². The Kier molecular flexibility index (Phi) is 7.13. The van der Waals surface area contributed by atoms with Crippen molar-refractivity contribution in [1.29, 1.82) is 0 Å². The van der Waals surface area contributed by atoms with E-state index in [0.29, 0.717) is 0 Å². The summed E-state index contributed by atoms with van der Waals surface area (Å²) in [4.78, 5) is 0. The molecule has 0 spiro atoms. The fraction of sp³-hybridized carbons (Fsp3) is 0.200. The van der Waals surface area contributed by atoms with E-state index in [9.17, 15) is 0 Å². The van der Waals surface area contributed by atoms with Gasteiger partial charge >= 0.3 is 0 Å². The standard InChI is InChI=1S/C10H14/c1-3-5-7-9-10-8-6-4-2/h3-8,10H,1,9H2,2H3/b6-4-,7-5-,10-8-. The minimum atomic E-state index is 0.982. The lowest BCUT2D eigenvalue weighted by atomic mass is 10.3. The topological polar surface area (TPSA) is 0 Å². The van der Waals surface area contributed by atoms with Crippen LogP contribution in [0.2, 0.25) is 0 Å². The van der Waals surface area contributed by atoms with Crippen LogP contribution >= 0.6 is 0 Å². The second kappa shape index (κ2) is 7.96. The first kappa shape index (κ1) is 8.96. The quantitative estimate of drug-likeness (QED) is 0.518. The molecule has 0 aliphatic carbocycles. The summed E-state index contributed by atoms with van der Waals surface area (Å²) in [7, 11) is 0. The highest BCUT2D eigenvalue weighted by Gasteiger charge is 1.65. The Bertz CT molecular complexity index is 147. The normalized spacial score (nSPS) is 12.1. The minimum Gasteiger partial charge on any atom is -0.0991 e. The largest absolute Gasteiger partial charge is 0.0991 e. The number of rotatable bonds is 4. The van der Waals surface area contributed by atoms with E-state index in [1.54, 1.807) is 6.08 Å². The van der Waals surface area contributed by atoms with Crippen LogP contribution in [0.1, 0.15) is 13.3 Å². The number of hydrogen-bond donors (Lipinski definition) is 0. The molecule has 54 valence electrons. The van der Waals surface area contributed by atoms with E-state index in [1.165, 1.54) is 0 Å². The molecule has 0 rings (SSSR count). The fourth-order valence-corrected chi connectivity index (χ4v) is 0.522. The van der Waals surface area contributed by atoms with Crippen LogP contribution in [0.15, 0.2) is 49.1 Å². The molecule has 0 N–H and O–H groups in total. The van der Waals surface area contributed by atoms with Gasteiger partial charge < -0.3 is 0 Å². The summed E-state index contributed by atoms with van der Waals surface area (Å²) >= 11 is 0. The van der Waals surface area contributed by atoms with Gasteiger partial charge in [-0.15, -0.1) is 0 Å². The van der Waals surface area contributed by atoms with Crippen molar-refractivity contribution in [3.05, 3.63) is 49.1 Å². The molecular weight excluding hydrogens is 120 g/mol. The van der Waals surface area contributed by atoms with Crippen LogP contribution in [0, 0.1) is 0 Å². The SMILES string of the molecule is C=C/C=C\C/C=C\C=C/C. The summed E-state index contributed by atoms with van der Waals surface area (Å²) in [6, 6.07) is 0. The van der Waals surface area contributed by atoms with E-state index >= 15 is 0 Å². The average molecular weight is 134 g/mol. The van der Waals surface area contributed by atoms with Crippen molar-refractivity contribution in [2.45, 2.75) is 13.3 Å². The molecule has 0 aromatic heterocycles. The van der Waals surface area contributed by atoms with Gasteiger partial charge in [-0.05, 0) is 13.3 Å². The Balaban J connectivity index is 3.34. The van der Waals surface area contributed by atoms with Gasteiger partial charge in [0.2, 0.25) is 0 Å². The van der Waals surface area contributed by atoms with Crippen LogP contribution < -0.4 is 0 Å². The van der Waals surface area contributed by atoms with Crippen LogP contribution in [0.25, 0.3) is 0 Å². The molecule has 0 atom stereocenters. The first-order valence-corrected chi connectivity index (χ1v) is 3.47. The van der Waals surface area contributed by atoms with Gasteiger partial charge in [-0.3, -0.25) is 0 Å². The maximum absolute atomic E-state index is 3.57. The molecule has 0 amide bonds. The molecular formula is C10H14. The van der Waals surface area contributed by atoms with Crippen molar-refractivity contribution in [3.8, 4) is 0 Å². The Hall–Kier alpha value is -1.04. The van der Waals surface area contributed by atoms with E-state index < -0.39 is 0 Å². The third-order valence-corrected chi connectivity index (χ3v) is 0.984. The predicted octanol–water partition coefficient (Wildman–Crippen LogP) is 3.25. The van der Waals surface area contributed by atoms with E-state index in [1.807, 2.05) is 31.2 Å². The molecule has 0 aromatic carbocycles. The Morgan fingerprint density at radius 1 is 1.10 bits per heavy atom. The number of hydrogen-bond acceptors (Lipinski definition) is 0. The van der Waals surface area contributed by atoms with E-state index in [-0.39, 0.29) is 0 Å². The smallest absolute Gasteiger partial charge is 0.0163 e. The summed E-state index contributed by atoms with van der Waals surface area (Å²) in [5.41, 5.74) is 0. The predicted molar refractivity (Wildman–Crippen MR) is 47.9 cm³/mol. The van der Waals surface area contributed by atoms with Crippen molar-refractivity contribution in [1.82, 2.24) is 0 Å². The molecule has 0 bridgehead atoms. The van der Waals surface area contributed by atoms with Crippen LogP contribution in [0.5, 0.6) is 0 Å². The van der Waals surface area contributed by atoms with Gasteiger partial charge in [0.1, 0.15) is 0 Å². The highest BCUT2D eigenvalue weighted by atomic mass is 13.7. The molecule has 0 radical (unpaired) electrons. The zero-order valence-electron chi connectivity index (χ0n) is 6.46. The van der Waals surface area contributed by atoms with Gasteiger partial charge in [0.15, 0.2) is 0 Å². The molecule has 0 heterocycles. The molecule has 0 saturated heterocycles. The van der Waals surface area contributed by atoms with Crippen LogP contribution in [-0.2, 0) is 0 Å². The third-order valence-electron chi connectivity index (χ3n) is 0.984. The average Bonchev–Trinajstić information content (AvgIpc) is 1.97. The van der Waals surface area contributed by atoms with Crippen LogP contribution in [0.4, 0.5) is 0 Å². The lowest BCUT2D eigenvalue weighted by Gasteiger charge is -1.76. The van der Waals surface area contributed by atoms with Gasteiger partial charge in [0, 0.05) is 0 Å². The van der Waals surface area contributed by atoms with Crippen molar-refractivity contribution >= 4 is 0 Å². The Labute approximate surface area is 63.3 Å². The summed E-state index contributed by atoms with van der Waals surface area (Å²) in [5.74, 6) is 0. The second-order valence-electron chi connectivity index (χ2n) is 1.85. The minimum absolute atomic E-state index is 0.982. The molecule has 0 fully saturated rings. The summed E-state index contributed by atoms with van der Waals surface area (Å²) in [6.07, 6.45) is 14.9. The molecule has 0 unspecified atom stereocenters. The fourth-order valence-electron chi connectivity index (χ4n) is 0.522. The van der Waals surface area contributed by atoms with Crippen molar-refractivity contribution in [2.24, 2.45) is 0 Å². The summed E-state index contributed by atoms with van der Waals surface area (Å²) < 4.78 is 0. The summed E-state index contributed by atoms with van der Waals surface area (Å²) in [6.45, 7) is 5.57. The van der Waals surface area contributed by atoms with Gasteiger partial charge in [-0.2, -0.15) is 0 Å². The molecule has 0 saturated carbocycles. The maximum atomic E-state index is 3.57. The van der Waals surface area contributed by atoms with Crippen LogP contribution in [0.3, 0.4) is 0 Å². The van der Waals surface area contributed by atoms with Crippen LogP contribution in [-0.4, -0.2) is 0 Å². The monoisotopic (exact) mass is 134 g/mol. The molecule has 0 heteroatoms. The van der Waals surface area contributed by atoms with Gasteiger partial charge in [-0.1, -0.05) is 49.1 Å². The van der Waals surface area contributed by atoms with E-state index in [2.05, 4.69) is 18.7 Å². The molecule has 10 heavy (non-hydrogen) atoms. The van der Waals surface area contributed by atoms with E-state index in [4.69, 9.17) is 0 Å². The molecule has 0 aromatic rings. The molecule has 0 aliphatic heterocycles.